The fourth-order valence-electron chi connectivity index (χ4n) is 7.39. The number of hydrogen-bond donors (Lipinski definition) is 3. The van der Waals surface area contributed by atoms with Crippen LogP contribution in [-0.2, 0) is 0 Å². The molecule has 3 aliphatic rings. The maximum atomic E-state index is 13.8. The van der Waals surface area contributed by atoms with Crippen LogP contribution in [0.3, 0.4) is 0 Å². The summed E-state index contributed by atoms with van der Waals surface area (Å²) in [5.41, 5.74) is 7.30. The number of halogens is 1. The van der Waals surface area contributed by atoms with Crippen LogP contribution < -0.4 is 16.4 Å². The zero-order valence-electron chi connectivity index (χ0n) is 24.0. The van der Waals surface area contributed by atoms with E-state index in [1.807, 2.05) is 0 Å². The second-order valence-corrected chi connectivity index (χ2v) is 13.4. The van der Waals surface area contributed by atoms with E-state index in [1.54, 1.807) is 6.20 Å². The lowest BCUT2D eigenvalue weighted by Crippen LogP contribution is -2.70. The molecule has 4 heterocycles. The van der Waals surface area contributed by atoms with Crippen molar-refractivity contribution >= 4 is 29.0 Å². The lowest BCUT2D eigenvalue weighted by atomic mass is 9.66. The average molecular weight is 559 g/mol. The third-order valence-corrected chi connectivity index (χ3v) is 9.56. The molecule has 216 valence electrons. The quantitative estimate of drug-likeness (QED) is 0.524. The molecule has 1 spiro atoms. The Kier molecular flexibility index (Phi) is 8.71. The molecule has 9 nitrogen and oxygen atoms in total. The molecule has 4 N–H and O–H groups in total. The minimum atomic E-state index is -0.209. The average Bonchev–Trinajstić information content (AvgIpc) is 3.22. The Balaban J connectivity index is 1.44. The van der Waals surface area contributed by atoms with Crippen molar-refractivity contribution in [2.24, 2.45) is 5.41 Å². The van der Waals surface area contributed by atoms with Crippen molar-refractivity contribution < 1.29 is 4.79 Å². The summed E-state index contributed by atoms with van der Waals surface area (Å²) in [4.78, 5) is 23.5. The van der Waals surface area contributed by atoms with Gasteiger partial charge in [0.05, 0.1) is 17.3 Å². The van der Waals surface area contributed by atoms with Crippen LogP contribution in [0.25, 0.3) is 5.65 Å². The number of fused-ring (bicyclic) bond motifs is 1. The van der Waals surface area contributed by atoms with Crippen molar-refractivity contribution in [2.75, 3.05) is 45.0 Å². The molecule has 2 aromatic heterocycles. The van der Waals surface area contributed by atoms with Gasteiger partial charge in [-0.15, -0.1) is 5.10 Å². The molecule has 2 aromatic rings. The van der Waals surface area contributed by atoms with E-state index in [1.165, 1.54) is 68.5 Å². The molecule has 5 rings (SSSR count). The third-order valence-electron chi connectivity index (χ3n) is 9.37. The lowest BCUT2D eigenvalue weighted by Gasteiger charge is -2.56. The normalized spacial score (nSPS) is 26.1. The highest BCUT2D eigenvalue weighted by Gasteiger charge is 2.49. The summed E-state index contributed by atoms with van der Waals surface area (Å²) >= 11 is 6.11. The molecule has 2 saturated heterocycles. The van der Waals surface area contributed by atoms with E-state index in [4.69, 9.17) is 17.3 Å². The molecular formula is C29H47ClN8O. The summed E-state index contributed by atoms with van der Waals surface area (Å²) in [7, 11) is 0. The van der Waals surface area contributed by atoms with Crippen molar-refractivity contribution in [3.05, 3.63) is 23.0 Å². The van der Waals surface area contributed by atoms with Crippen LogP contribution in [0.2, 0.25) is 5.02 Å². The van der Waals surface area contributed by atoms with Gasteiger partial charge < -0.3 is 16.4 Å². The van der Waals surface area contributed by atoms with Crippen molar-refractivity contribution in [3.8, 4) is 0 Å². The molecule has 0 aromatic carbocycles. The topological polar surface area (TPSA) is 104 Å². The van der Waals surface area contributed by atoms with Gasteiger partial charge >= 0.3 is 0 Å². The smallest absolute Gasteiger partial charge is 0.259 e. The van der Waals surface area contributed by atoms with Crippen LogP contribution in [0.5, 0.6) is 0 Å². The molecule has 1 aliphatic carbocycles. The van der Waals surface area contributed by atoms with E-state index >= 15 is 0 Å². The number of carbonyl (C=O) groups is 1. The molecular weight excluding hydrogens is 512 g/mol. The highest BCUT2D eigenvalue weighted by atomic mass is 35.5. The van der Waals surface area contributed by atoms with E-state index in [0.717, 1.165) is 39.3 Å². The minimum Gasteiger partial charge on any atom is -0.381 e. The first-order valence-electron chi connectivity index (χ1n) is 15.0. The van der Waals surface area contributed by atoms with Gasteiger partial charge in [-0.05, 0) is 33.6 Å². The summed E-state index contributed by atoms with van der Waals surface area (Å²) in [6.07, 6.45) is 14.7. The number of anilines is 1. The minimum absolute atomic E-state index is 0.0305. The molecule has 10 heteroatoms. The number of hydrogen-bond acceptors (Lipinski definition) is 7. The van der Waals surface area contributed by atoms with Crippen LogP contribution >= 0.6 is 11.6 Å². The van der Waals surface area contributed by atoms with Gasteiger partial charge in [-0.25, -0.2) is 9.50 Å². The third kappa shape index (κ3) is 6.21. The van der Waals surface area contributed by atoms with Gasteiger partial charge in [0.2, 0.25) is 0 Å². The van der Waals surface area contributed by atoms with Gasteiger partial charge in [0.25, 0.3) is 5.91 Å². The molecule has 2 aliphatic heterocycles. The number of aromatic nitrogens is 3. The van der Waals surface area contributed by atoms with Gasteiger partial charge in [0.15, 0.2) is 11.5 Å². The molecule has 0 bridgehead atoms. The fraction of sp³-hybridized carbons (Fsp3) is 0.759. The van der Waals surface area contributed by atoms with Crippen LogP contribution in [0.1, 0.15) is 88.9 Å². The Morgan fingerprint density at radius 3 is 2.36 bits per heavy atom. The monoisotopic (exact) mass is 558 g/mol. The first-order chi connectivity index (χ1) is 18.7. The van der Waals surface area contributed by atoms with Crippen LogP contribution in [0.4, 0.5) is 5.82 Å². The number of amides is 1. The van der Waals surface area contributed by atoms with E-state index in [9.17, 15) is 4.79 Å². The lowest BCUT2D eigenvalue weighted by molar-refractivity contribution is -0.0386. The second kappa shape index (κ2) is 11.9. The standard InChI is InChI=1S/C29H47ClN8O/c1-28(2,3)37-15-13-36(14-16-37)24-22(18-32-20-29(24)11-9-7-5-4-6-8-10-12-29)34-27(39)23-25(31)35-38-19-21(30)17-33-26(23)38/h17,19,22,24,32H,4-16,18,20H2,1-3H3,(H2,31,35)(H,34,39). The zero-order valence-corrected chi connectivity index (χ0v) is 24.8. The number of piperidine rings is 1. The maximum absolute atomic E-state index is 13.8. The summed E-state index contributed by atoms with van der Waals surface area (Å²) < 4.78 is 1.50. The highest BCUT2D eigenvalue weighted by molar-refractivity contribution is 6.30. The number of nitrogens with one attached hydrogen (secondary N) is 2. The molecule has 3 fully saturated rings. The fourth-order valence-corrected chi connectivity index (χ4v) is 7.53. The number of rotatable bonds is 3. The largest absolute Gasteiger partial charge is 0.381 e. The molecule has 2 unspecified atom stereocenters. The first kappa shape index (κ1) is 28.6. The van der Waals surface area contributed by atoms with Gasteiger partial charge in [-0.1, -0.05) is 56.5 Å². The van der Waals surface area contributed by atoms with E-state index in [2.05, 4.69) is 51.3 Å². The maximum Gasteiger partial charge on any atom is 0.259 e. The van der Waals surface area contributed by atoms with Gasteiger partial charge in [0, 0.05) is 62.5 Å². The number of carbonyl (C=O) groups excluding carboxylic acids is 1. The second-order valence-electron chi connectivity index (χ2n) is 13.0. The SMILES string of the molecule is CC(C)(C)N1CCN(C2C(NC(=O)c3c(N)nn4cc(Cl)cnc34)CNCC23CCCCCCCCC3)CC1. The van der Waals surface area contributed by atoms with Gasteiger partial charge in [-0.2, -0.15) is 0 Å². The van der Waals surface area contributed by atoms with E-state index < -0.39 is 0 Å². The number of nitrogens with zero attached hydrogens (tertiary/aromatic N) is 5. The Bertz CT molecular complexity index is 1130. The van der Waals surface area contributed by atoms with Crippen molar-refractivity contribution in [1.29, 1.82) is 0 Å². The van der Waals surface area contributed by atoms with Crippen molar-refractivity contribution in [1.82, 2.24) is 35.0 Å². The van der Waals surface area contributed by atoms with Gasteiger partial charge in [0.1, 0.15) is 5.56 Å². The van der Waals surface area contributed by atoms with E-state index in [-0.39, 0.29) is 34.8 Å². The van der Waals surface area contributed by atoms with E-state index in [0.29, 0.717) is 16.2 Å². The number of nitrogens with two attached hydrogens (primary N) is 1. The molecule has 1 saturated carbocycles. The summed E-state index contributed by atoms with van der Waals surface area (Å²) in [6, 6.07) is 0.242. The van der Waals surface area contributed by atoms with Crippen molar-refractivity contribution in [3.63, 3.8) is 0 Å². The molecule has 2 atom stereocenters. The first-order valence-corrected chi connectivity index (χ1v) is 15.4. The molecule has 1 amide bonds. The molecule has 0 radical (unpaired) electrons. The van der Waals surface area contributed by atoms with Crippen LogP contribution in [-0.4, -0.2) is 87.2 Å². The Hall–Kier alpha value is -1.94. The van der Waals surface area contributed by atoms with Crippen molar-refractivity contribution in [2.45, 2.75) is 96.2 Å². The zero-order chi connectivity index (χ0) is 27.6. The highest BCUT2D eigenvalue weighted by Crippen LogP contribution is 2.42. The van der Waals surface area contributed by atoms with Gasteiger partial charge in [-0.3, -0.25) is 14.6 Å². The Morgan fingerprint density at radius 2 is 1.72 bits per heavy atom. The van der Waals surface area contributed by atoms with Crippen LogP contribution in [0.15, 0.2) is 12.4 Å². The summed E-state index contributed by atoms with van der Waals surface area (Å²) in [5, 5.41) is 11.9. The Morgan fingerprint density at radius 1 is 1.08 bits per heavy atom. The summed E-state index contributed by atoms with van der Waals surface area (Å²) in [5.74, 6) is -0.0332. The predicted octanol–water partition coefficient (Wildman–Crippen LogP) is 3.96. The molecule has 39 heavy (non-hydrogen) atoms. The summed E-state index contributed by atoms with van der Waals surface area (Å²) in [6.45, 7) is 12.8. The van der Waals surface area contributed by atoms with Crippen LogP contribution in [0, 0.1) is 5.41 Å². The number of piperazine rings is 1. The predicted molar refractivity (Wildman–Crippen MR) is 157 cm³/mol. The number of nitrogen functional groups attached to an aromatic ring is 1. The Labute approximate surface area is 238 Å².